The van der Waals surface area contributed by atoms with Crippen LogP contribution in [-0.4, -0.2) is 22.9 Å². The van der Waals surface area contributed by atoms with Crippen molar-refractivity contribution in [2.24, 2.45) is 0 Å². The predicted molar refractivity (Wildman–Crippen MR) is 85.2 cm³/mol. The summed E-state index contributed by atoms with van der Waals surface area (Å²) in [7, 11) is 1.61. The van der Waals surface area contributed by atoms with Crippen LogP contribution in [0.15, 0.2) is 12.4 Å². The molecular weight excluding hydrogens is 290 g/mol. The predicted octanol–water partition coefficient (Wildman–Crippen LogP) is 3.43. The molecule has 6 heteroatoms. The molecule has 0 atom stereocenters. The minimum atomic E-state index is -0.102. The van der Waals surface area contributed by atoms with Gasteiger partial charge < -0.3 is 5.32 Å². The van der Waals surface area contributed by atoms with Crippen molar-refractivity contribution in [2.45, 2.75) is 26.2 Å². The highest BCUT2D eigenvalue weighted by Gasteiger charge is 2.17. The first-order chi connectivity index (χ1) is 9.40. The maximum atomic E-state index is 11.4. The van der Waals surface area contributed by atoms with E-state index in [0.717, 1.165) is 14.9 Å². The Kier molecular flexibility index (Phi) is 4.35. The number of thiazole rings is 2. The lowest BCUT2D eigenvalue weighted by Crippen LogP contribution is -2.16. The van der Waals surface area contributed by atoms with Crippen molar-refractivity contribution in [3.05, 3.63) is 32.2 Å². The molecule has 0 radical (unpaired) electrons. The van der Waals surface area contributed by atoms with Gasteiger partial charge in [0.2, 0.25) is 0 Å². The van der Waals surface area contributed by atoms with Crippen LogP contribution in [0.4, 0.5) is 0 Å². The standard InChI is InChI=1S/C14H17N3OS2/c1-14(2,3)13-17-7-9(19-13)5-6-11-16-8-10(20-11)12(18)15-4/h5-8H,1-4H3,(H,15,18). The van der Waals surface area contributed by atoms with Gasteiger partial charge in [-0.2, -0.15) is 0 Å². The van der Waals surface area contributed by atoms with Gasteiger partial charge in [0, 0.05) is 23.5 Å². The van der Waals surface area contributed by atoms with Crippen LogP contribution in [-0.2, 0) is 5.41 Å². The second kappa shape index (κ2) is 5.85. The van der Waals surface area contributed by atoms with Crippen molar-refractivity contribution in [1.29, 1.82) is 0 Å². The molecule has 0 aliphatic rings. The second-order valence-corrected chi connectivity index (χ2v) is 7.42. The van der Waals surface area contributed by atoms with Gasteiger partial charge in [0.05, 0.1) is 11.2 Å². The Bertz CT molecular complexity index is 635. The number of aromatic nitrogens is 2. The zero-order valence-electron chi connectivity index (χ0n) is 11.9. The molecule has 0 saturated carbocycles. The minimum Gasteiger partial charge on any atom is -0.354 e. The molecule has 0 unspecified atom stereocenters. The van der Waals surface area contributed by atoms with Gasteiger partial charge in [0.25, 0.3) is 5.91 Å². The fourth-order valence-corrected chi connectivity index (χ4v) is 3.10. The van der Waals surface area contributed by atoms with E-state index in [2.05, 4.69) is 36.1 Å². The van der Waals surface area contributed by atoms with Crippen molar-refractivity contribution in [2.75, 3.05) is 7.05 Å². The Morgan fingerprint density at radius 3 is 2.55 bits per heavy atom. The number of nitrogens with one attached hydrogen (secondary N) is 1. The second-order valence-electron chi connectivity index (χ2n) is 5.29. The summed E-state index contributed by atoms with van der Waals surface area (Å²) < 4.78 is 0. The summed E-state index contributed by atoms with van der Waals surface area (Å²) in [5, 5.41) is 4.52. The average Bonchev–Trinajstić information content (AvgIpc) is 3.03. The molecule has 106 valence electrons. The highest BCUT2D eigenvalue weighted by atomic mass is 32.1. The molecule has 2 aromatic heterocycles. The van der Waals surface area contributed by atoms with Crippen LogP contribution in [0, 0.1) is 0 Å². The Morgan fingerprint density at radius 2 is 1.95 bits per heavy atom. The molecule has 0 saturated heterocycles. The van der Waals surface area contributed by atoms with Gasteiger partial charge >= 0.3 is 0 Å². The summed E-state index contributed by atoms with van der Waals surface area (Å²) in [5.41, 5.74) is 0.0737. The molecule has 2 rings (SSSR count). The Balaban J connectivity index is 2.11. The SMILES string of the molecule is CNC(=O)c1cnc(C=Cc2cnc(C(C)(C)C)s2)s1. The number of rotatable bonds is 3. The smallest absolute Gasteiger partial charge is 0.262 e. The topological polar surface area (TPSA) is 54.9 Å². The molecule has 0 aromatic carbocycles. The van der Waals surface area contributed by atoms with Crippen LogP contribution in [0.3, 0.4) is 0 Å². The largest absolute Gasteiger partial charge is 0.354 e. The summed E-state index contributed by atoms with van der Waals surface area (Å²) in [4.78, 5) is 21.8. The Labute approximate surface area is 126 Å². The molecule has 0 fully saturated rings. The quantitative estimate of drug-likeness (QED) is 0.945. The third-order valence-corrected chi connectivity index (χ3v) is 4.88. The third kappa shape index (κ3) is 3.52. The van der Waals surface area contributed by atoms with E-state index in [-0.39, 0.29) is 11.3 Å². The molecule has 2 aromatic rings. The van der Waals surface area contributed by atoms with E-state index in [0.29, 0.717) is 4.88 Å². The molecule has 0 aliphatic heterocycles. The normalized spacial score (nSPS) is 12.0. The molecule has 20 heavy (non-hydrogen) atoms. The Hall–Kier alpha value is -1.53. The van der Waals surface area contributed by atoms with Crippen LogP contribution in [0.25, 0.3) is 12.2 Å². The summed E-state index contributed by atoms with van der Waals surface area (Å²) in [6.45, 7) is 6.45. The first-order valence-corrected chi connectivity index (χ1v) is 7.86. The lowest BCUT2D eigenvalue weighted by atomic mass is 9.98. The molecule has 1 N–H and O–H groups in total. The zero-order valence-corrected chi connectivity index (χ0v) is 13.6. The summed E-state index contributed by atoms with van der Waals surface area (Å²) in [5.74, 6) is -0.102. The van der Waals surface area contributed by atoms with E-state index in [4.69, 9.17) is 0 Å². The number of carbonyl (C=O) groups excluding carboxylic acids is 1. The number of hydrogen-bond acceptors (Lipinski definition) is 5. The number of amides is 1. The highest BCUT2D eigenvalue weighted by Crippen LogP contribution is 2.28. The van der Waals surface area contributed by atoms with Gasteiger partial charge in [-0.15, -0.1) is 22.7 Å². The van der Waals surface area contributed by atoms with Crippen molar-refractivity contribution in [1.82, 2.24) is 15.3 Å². The van der Waals surface area contributed by atoms with E-state index >= 15 is 0 Å². The number of carbonyl (C=O) groups is 1. The van der Waals surface area contributed by atoms with E-state index in [1.54, 1.807) is 24.6 Å². The van der Waals surface area contributed by atoms with Gasteiger partial charge in [0.1, 0.15) is 9.88 Å². The van der Waals surface area contributed by atoms with Gasteiger partial charge in [-0.3, -0.25) is 4.79 Å². The maximum absolute atomic E-state index is 11.4. The summed E-state index contributed by atoms with van der Waals surface area (Å²) in [6, 6.07) is 0. The van der Waals surface area contributed by atoms with Gasteiger partial charge in [-0.05, 0) is 12.2 Å². The van der Waals surface area contributed by atoms with E-state index in [1.807, 2.05) is 18.3 Å². The summed E-state index contributed by atoms with van der Waals surface area (Å²) in [6.07, 6.45) is 7.36. The first kappa shape index (κ1) is 14.9. The third-order valence-electron chi connectivity index (χ3n) is 2.53. The van der Waals surface area contributed by atoms with Crippen molar-refractivity contribution >= 4 is 40.7 Å². The fraction of sp³-hybridized carbons (Fsp3) is 0.357. The molecule has 2 heterocycles. The molecule has 0 bridgehead atoms. The van der Waals surface area contributed by atoms with Crippen LogP contribution in [0.1, 0.15) is 45.3 Å². The average molecular weight is 307 g/mol. The van der Waals surface area contributed by atoms with Crippen molar-refractivity contribution < 1.29 is 4.79 Å². The Morgan fingerprint density at radius 1 is 1.20 bits per heavy atom. The van der Waals surface area contributed by atoms with Crippen LogP contribution in [0.2, 0.25) is 0 Å². The zero-order chi connectivity index (χ0) is 14.8. The molecule has 0 spiro atoms. The molecule has 1 amide bonds. The molecular formula is C14H17N3OS2. The lowest BCUT2D eigenvalue weighted by Gasteiger charge is -2.13. The number of nitrogens with zero attached hydrogens (tertiary/aromatic N) is 2. The van der Waals surface area contributed by atoms with Gasteiger partial charge in [0.15, 0.2) is 0 Å². The highest BCUT2D eigenvalue weighted by molar-refractivity contribution is 7.14. The van der Waals surface area contributed by atoms with E-state index in [9.17, 15) is 4.79 Å². The van der Waals surface area contributed by atoms with Crippen LogP contribution < -0.4 is 5.32 Å². The van der Waals surface area contributed by atoms with Crippen LogP contribution in [0.5, 0.6) is 0 Å². The fourth-order valence-electron chi connectivity index (χ4n) is 1.46. The lowest BCUT2D eigenvalue weighted by molar-refractivity contribution is 0.0967. The van der Waals surface area contributed by atoms with Gasteiger partial charge in [-0.25, -0.2) is 9.97 Å². The summed E-state index contributed by atoms with van der Waals surface area (Å²) >= 11 is 3.05. The monoisotopic (exact) mass is 307 g/mol. The van der Waals surface area contributed by atoms with E-state index < -0.39 is 0 Å². The minimum absolute atomic E-state index is 0.0737. The first-order valence-electron chi connectivity index (χ1n) is 6.22. The van der Waals surface area contributed by atoms with Crippen LogP contribution >= 0.6 is 22.7 Å². The number of hydrogen-bond donors (Lipinski definition) is 1. The van der Waals surface area contributed by atoms with Gasteiger partial charge in [-0.1, -0.05) is 20.8 Å². The van der Waals surface area contributed by atoms with E-state index in [1.165, 1.54) is 11.3 Å². The van der Waals surface area contributed by atoms with Crippen molar-refractivity contribution in [3.8, 4) is 0 Å². The molecule has 0 aliphatic carbocycles. The maximum Gasteiger partial charge on any atom is 0.262 e. The van der Waals surface area contributed by atoms with Crippen molar-refractivity contribution in [3.63, 3.8) is 0 Å². The molecule has 4 nitrogen and oxygen atoms in total.